The Labute approximate surface area is 134 Å². The monoisotopic (exact) mass is 321 g/mol. The number of benzene rings is 1. The largest absolute Gasteiger partial charge is 0.508 e. The minimum absolute atomic E-state index is 0.161. The van der Waals surface area contributed by atoms with Gasteiger partial charge in [0.1, 0.15) is 5.75 Å². The first-order valence-corrected chi connectivity index (χ1v) is 7.82. The summed E-state index contributed by atoms with van der Waals surface area (Å²) in [4.78, 5) is 23.4. The van der Waals surface area contributed by atoms with Crippen LogP contribution in [0.3, 0.4) is 0 Å². The van der Waals surface area contributed by atoms with Crippen LogP contribution in [0, 0.1) is 0 Å². The summed E-state index contributed by atoms with van der Waals surface area (Å²) in [5.41, 5.74) is 2.83. The Morgan fingerprint density at radius 1 is 1.04 bits per heavy atom. The molecule has 0 aliphatic carbocycles. The maximum absolute atomic E-state index is 11.6. The SMILES string of the molecule is O=c1cc(-c2nc(-c3cccc(O)c3)nc3ccsc23)cc[nH]1. The molecule has 23 heavy (non-hydrogen) atoms. The number of nitrogens with one attached hydrogen (secondary N) is 1. The maximum atomic E-state index is 11.6. The van der Waals surface area contributed by atoms with Gasteiger partial charge in [0.05, 0.1) is 15.9 Å². The molecule has 5 nitrogen and oxygen atoms in total. The molecule has 0 saturated carbocycles. The Hall–Kier alpha value is -2.99. The van der Waals surface area contributed by atoms with Gasteiger partial charge in [-0.3, -0.25) is 4.79 Å². The summed E-state index contributed by atoms with van der Waals surface area (Å²) in [6, 6.07) is 12.1. The van der Waals surface area contributed by atoms with Gasteiger partial charge in [0.25, 0.3) is 0 Å². The van der Waals surface area contributed by atoms with Crippen LogP contribution in [0.25, 0.3) is 32.9 Å². The standard InChI is InChI=1S/C17H11N3O2S/c21-12-3-1-2-11(8-12)17-19-13-5-7-23-16(13)15(20-17)10-4-6-18-14(22)9-10/h1-9,21H,(H,18,22). The molecule has 0 saturated heterocycles. The van der Waals surface area contributed by atoms with Crippen molar-refractivity contribution in [3.63, 3.8) is 0 Å². The quantitative estimate of drug-likeness (QED) is 0.593. The molecule has 0 unspecified atom stereocenters. The number of hydrogen-bond donors (Lipinski definition) is 2. The topological polar surface area (TPSA) is 78.9 Å². The van der Waals surface area contributed by atoms with E-state index in [1.54, 1.807) is 24.4 Å². The first-order valence-electron chi connectivity index (χ1n) is 6.94. The number of phenolic OH excluding ortho intramolecular Hbond substituents is 1. The van der Waals surface area contributed by atoms with Crippen LogP contribution < -0.4 is 5.56 Å². The number of fused-ring (bicyclic) bond motifs is 1. The lowest BCUT2D eigenvalue weighted by Crippen LogP contribution is -2.03. The third-order valence-corrected chi connectivity index (χ3v) is 4.37. The van der Waals surface area contributed by atoms with Crippen LogP contribution in [-0.4, -0.2) is 20.1 Å². The fourth-order valence-electron chi connectivity index (χ4n) is 2.43. The Kier molecular flexibility index (Phi) is 3.17. The van der Waals surface area contributed by atoms with E-state index in [1.165, 1.54) is 17.4 Å². The minimum atomic E-state index is -0.176. The molecule has 4 rings (SSSR count). The van der Waals surface area contributed by atoms with Gasteiger partial charge in [0.2, 0.25) is 5.56 Å². The van der Waals surface area contributed by atoms with Gasteiger partial charge in [-0.15, -0.1) is 11.3 Å². The minimum Gasteiger partial charge on any atom is -0.508 e. The Bertz CT molecular complexity index is 1070. The lowest BCUT2D eigenvalue weighted by molar-refractivity contribution is 0.475. The van der Waals surface area contributed by atoms with Crippen molar-refractivity contribution in [2.75, 3.05) is 0 Å². The van der Waals surface area contributed by atoms with Gasteiger partial charge in [0, 0.05) is 23.4 Å². The molecule has 0 atom stereocenters. The Morgan fingerprint density at radius 3 is 2.78 bits per heavy atom. The summed E-state index contributed by atoms with van der Waals surface area (Å²) in [7, 11) is 0. The van der Waals surface area contributed by atoms with Gasteiger partial charge in [-0.05, 0) is 29.6 Å². The lowest BCUT2D eigenvalue weighted by Gasteiger charge is -2.06. The highest BCUT2D eigenvalue weighted by molar-refractivity contribution is 7.17. The van der Waals surface area contributed by atoms with Gasteiger partial charge in [-0.2, -0.15) is 0 Å². The number of H-pyrrole nitrogens is 1. The second kappa shape index (κ2) is 5.33. The molecule has 3 heterocycles. The van der Waals surface area contributed by atoms with Crippen LogP contribution >= 0.6 is 11.3 Å². The number of pyridine rings is 1. The van der Waals surface area contributed by atoms with Gasteiger partial charge < -0.3 is 10.1 Å². The summed E-state index contributed by atoms with van der Waals surface area (Å²) in [5, 5.41) is 11.6. The number of aromatic hydroxyl groups is 1. The molecule has 0 amide bonds. The summed E-state index contributed by atoms with van der Waals surface area (Å²) >= 11 is 1.54. The van der Waals surface area contributed by atoms with Crippen molar-refractivity contribution in [2.24, 2.45) is 0 Å². The second-order valence-electron chi connectivity index (χ2n) is 5.02. The average molecular weight is 321 g/mol. The number of rotatable bonds is 2. The number of hydrogen-bond acceptors (Lipinski definition) is 5. The van der Waals surface area contributed by atoms with Crippen LogP contribution in [0.1, 0.15) is 0 Å². The third-order valence-electron chi connectivity index (χ3n) is 3.46. The highest BCUT2D eigenvalue weighted by Gasteiger charge is 2.13. The number of phenols is 1. The molecule has 0 aliphatic rings. The fourth-order valence-corrected chi connectivity index (χ4v) is 3.27. The normalized spacial score (nSPS) is 11.0. The highest BCUT2D eigenvalue weighted by Crippen LogP contribution is 2.32. The van der Waals surface area contributed by atoms with Crippen LogP contribution in [0.2, 0.25) is 0 Å². The lowest BCUT2D eigenvalue weighted by atomic mass is 10.1. The second-order valence-corrected chi connectivity index (χ2v) is 5.94. The van der Waals surface area contributed by atoms with E-state index in [0.29, 0.717) is 5.82 Å². The van der Waals surface area contributed by atoms with E-state index in [9.17, 15) is 9.90 Å². The van der Waals surface area contributed by atoms with Crippen molar-refractivity contribution in [1.29, 1.82) is 0 Å². The number of aromatic amines is 1. The van der Waals surface area contributed by atoms with Crippen LogP contribution in [-0.2, 0) is 0 Å². The van der Waals surface area contributed by atoms with Gasteiger partial charge in [-0.25, -0.2) is 9.97 Å². The maximum Gasteiger partial charge on any atom is 0.248 e. The van der Waals surface area contributed by atoms with Crippen LogP contribution in [0.15, 0.2) is 58.8 Å². The number of thiophene rings is 1. The third kappa shape index (κ3) is 2.49. The Balaban J connectivity index is 2.00. The van der Waals surface area contributed by atoms with E-state index in [2.05, 4.69) is 15.0 Å². The predicted octanol–water partition coefficient (Wildman–Crippen LogP) is 3.42. The molecule has 3 aromatic heterocycles. The van der Waals surface area contributed by atoms with E-state index >= 15 is 0 Å². The van der Waals surface area contributed by atoms with Crippen molar-refractivity contribution in [2.45, 2.75) is 0 Å². The molecular weight excluding hydrogens is 310 g/mol. The molecular formula is C17H11N3O2S. The summed E-state index contributed by atoms with van der Waals surface area (Å²) in [6.07, 6.45) is 1.60. The van der Waals surface area contributed by atoms with Gasteiger partial charge in [-0.1, -0.05) is 12.1 Å². The molecule has 0 spiro atoms. The molecule has 1 aromatic carbocycles. The first kappa shape index (κ1) is 13.7. The highest BCUT2D eigenvalue weighted by atomic mass is 32.1. The first-order chi connectivity index (χ1) is 11.2. The molecule has 6 heteroatoms. The Morgan fingerprint density at radius 2 is 1.96 bits per heavy atom. The smallest absolute Gasteiger partial charge is 0.248 e. The average Bonchev–Trinajstić information content (AvgIpc) is 3.02. The molecule has 0 bridgehead atoms. The van der Waals surface area contributed by atoms with Crippen molar-refractivity contribution >= 4 is 21.6 Å². The molecule has 0 radical (unpaired) electrons. The zero-order chi connectivity index (χ0) is 15.8. The molecule has 4 aromatic rings. The van der Waals surface area contributed by atoms with Crippen molar-refractivity contribution in [3.05, 3.63) is 64.4 Å². The predicted molar refractivity (Wildman–Crippen MR) is 90.6 cm³/mol. The van der Waals surface area contributed by atoms with E-state index in [-0.39, 0.29) is 11.3 Å². The molecule has 2 N–H and O–H groups in total. The molecule has 0 fully saturated rings. The number of aromatic nitrogens is 3. The van der Waals surface area contributed by atoms with Crippen molar-refractivity contribution in [3.8, 4) is 28.4 Å². The summed E-state index contributed by atoms with van der Waals surface area (Å²) < 4.78 is 0.930. The van der Waals surface area contributed by atoms with E-state index in [1.807, 2.05) is 23.6 Å². The van der Waals surface area contributed by atoms with Gasteiger partial charge in [0.15, 0.2) is 5.82 Å². The van der Waals surface area contributed by atoms with Crippen LogP contribution in [0.5, 0.6) is 5.75 Å². The van der Waals surface area contributed by atoms with Gasteiger partial charge >= 0.3 is 0 Å². The number of nitrogens with zero attached hydrogens (tertiary/aromatic N) is 2. The van der Waals surface area contributed by atoms with Crippen LogP contribution in [0.4, 0.5) is 0 Å². The van der Waals surface area contributed by atoms with E-state index < -0.39 is 0 Å². The van der Waals surface area contributed by atoms with E-state index in [4.69, 9.17) is 0 Å². The molecule has 112 valence electrons. The van der Waals surface area contributed by atoms with Crippen molar-refractivity contribution in [1.82, 2.24) is 15.0 Å². The zero-order valence-corrected chi connectivity index (χ0v) is 12.7. The summed E-state index contributed by atoms with van der Waals surface area (Å²) in [6.45, 7) is 0. The summed E-state index contributed by atoms with van der Waals surface area (Å²) in [5.74, 6) is 0.677. The fraction of sp³-hybridized carbons (Fsp3) is 0. The van der Waals surface area contributed by atoms with E-state index in [0.717, 1.165) is 27.0 Å². The molecule has 0 aliphatic heterocycles. The van der Waals surface area contributed by atoms with Crippen molar-refractivity contribution < 1.29 is 5.11 Å². The zero-order valence-electron chi connectivity index (χ0n) is 11.9.